The van der Waals surface area contributed by atoms with Gasteiger partial charge in [-0.2, -0.15) is 0 Å². The number of aliphatic carboxylic acids is 1. The third-order valence-corrected chi connectivity index (χ3v) is 6.11. The lowest BCUT2D eigenvalue weighted by atomic mass is 10.0. The summed E-state index contributed by atoms with van der Waals surface area (Å²) in [6, 6.07) is 6.48. The Morgan fingerprint density at radius 2 is 1.19 bits per heavy atom. The van der Waals surface area contributed by atoms with E-state index in [2.05, 4.69) is 20.9 Å². The Labute approximate surface area is 241 Å². The number of hydrogen-bond acceptors (Lipinski definition) is 9. The Balaban J connectivity index is 2.26. The lowest BCUT2D eigenvalue weighted by Gasteiger charge is -2.25. The topological polar surface area (TPSA) is 276 Å². The zero-order valence-electron chi connectivity index (χ0n) is 22.8. The summed E-state index contributed by atoms with van der Waals surface area (Å²) >= 11 is 0. The number of nitrogens with zero attached hydrogens (tertiary/aromatic N) is 1. The zero-order chi connectivity index (χ0) is 31.2. The van der Waals surface area contributed by atoms with E-state index < -0.39 is 54.5 Å². The Hall–Kier alpha value is -4.89. The van der Waals surface area contributed by atoms with E-state index >= 15 is 0 Å². The maximum Gasteiger partial charge on any atom is 0.326 e. The van der Waals surface area contributed by atoms with Crippen molar-refractivity contribution in [2.45, 2.75) is 49.9 Å². The van der Waals surface area contributed by atoms with Crippen LogP contribution < -0.4 is 33.2 Å². The molecule has 0 fully saturated rings. The number of guanidine groups is 1. The lowest BCUT2D eigenvalue weighted by Crippen LogP contribution is -2.58. The first kappa shape index (κ1) is 33.3. The number of aromatic hydroxyl groups is 2. The fourth-order valence-electron chi connectivity index (χ4n) is 3.82. The third-order valence-electron chi connectivity index (χ3n) is 6.11. The van der Waals surface area contributed by atoms with E-state index in [1.165, 1.54) is 48.5 Å². The van der Waals surface area contributed by atoms with Crippen LogP contribution in [0.1, 0.15) is 24.0 Å². The van der Waals surface area contributed by atoms with Crippen molar-refractivity contribution >= 4 is 29.7 Å². The van der Waals surface area contributed by atoms with E-state index in [9.17, 15) is 39.6 Å². The molecule has 0 aliphatic carbocycles. The fraction of sp³-hybridized carbons (Fsp3) is 0.370. The lowest BCUT2D eigenvalue weighted by molar-refractivity contribution is -0.142. The molecule has 2 rings (SSSR count). The second kappa shape index (κ2) is 16.4. The number of carboxylic acid groups (broad SMARTS) is 1. The van der Waals surface area contributed by atoms with Gasteiger partial charge in [0.1, 0.15) is 35.7 Å². The largest absolute Gasteiger partial charge is 0.508 e. The molecule has 0 aromatic heterocycles. The van der Waals surface area contributed by atoms with Crippen LogP contribution in [0.3, 0.4) is 0 Å². The first-order valence-electron chi connectivity index (χ1n) is 13.0. The van der Waals surface area contributed by atoms with Crippen LogP contribution in [-0.2, 0) is 32.0 Å². The van der Waals surface area contributed by atoms with Crippen molar-refractivity contribution in [3.05, 3.63) is 59.7 Å². The fourth-order valence-corrected chi connectivity index (χ4v) is 3.82. The number of hydrogen-bond donors (Lipinski definition) is 10. The maximum absolute atomic E-state index is 13.4. The van der Waals surface area contributed by atoms with Gasteiger partial charge in [-0.1, -0.05) is 24.3 Å². The molecule has 15 nitrogen and oxygen atoms in total. The molecule has 0 saturated carbocycles. The SMILES string of the molecule is NC(N)=NCCCC(NC(=O)C(Cc1ccc(O)cc1)NC(=O)C(N)CO)C(=O)NC(Cc1ccc(O)cc1)C(=O)O. The molecule has 228 valence electrons. The molecule has 13 N–H and O–H groups in total. The molecule has 0 heterocycles. The van der Waals surface area contributed by atoms with Crippen molar-refractivity contribution in [1.82, 2.24) is 16.0 Å². The summed E-state index contributed by atoms with van der Waals surface area (Å²) in [6.45, 7) is -0.552. The van der Waals surface area contributed by atoms with Crippen molar-refractivity contribution < 1.29 is 39.6 Å². The summed E-state index contributed by atoms with van der Waals surface area (Å²) in [7, 11) is 0. The molecule has 0 radical (unpaired) electrons. The third kappa shape index (κ3) is 11.3. The standard InChI is InChI=1S/C27H37N7O8/c28-19(14-35)23(38)33-21(12-15-3-7-17(36)8-4-15)25(40)32-20(2-1-11-31-27(29)30)24(39)34-22(26(41)42)13-16-5-9-18(37)10-6-16/h3-10,19-22,35-37H,1-2,11-14,28H2,(H,32,40)(H,33,38)(H,34,39)(H,41,42)(H4,29,30,31). The van der Waals surface area contributed by atoms with Crippen LogP contribution >= 0.6 is 0 Å². The van der Waals surface area contributed by atoms with Gasteiger partial charge in [-0.3, -0.25) is 19.4 Å². The number of nitrogens with one attached hydrogen (secondary N) is 3. The molecule has 3 amide bonds. The van der Waals surface area contributed by atoms with E-state index in [4.69, 9.17) is 17.2 Å². The van der Waals surface area contributed by atoms with Gasteiger partial charge in [-0.15, -0.1) is 0 Å². The number of rotatable bonds is 16. The van der Waals surface area contributed by atoms with Gasteiger partial charge in [0.25, 0.3) is 0 Å². The van der Waals surface area contributed by atoms with E-state index in [0.717, 1.165) is 0 Å². The zero-order valence-corrected chi connectivity index (χ0v) is 22.8. The van der Waals surface area contributed by atoms with Crippen molar-refractivity contribution in [3.8, 4) is 11.5 Å². The van der Waals surface area contributed by atoms with Crippen LogP contribution in [0.5, 0.6) is 11.5 Å². The van der Waals surface area contributed by atoms with Gasteiger partial charge in [-0.05, 0) is 48.2 Å². The molecule has 0 saturated heterocycles. The quantitative estimate of drug-likeness (QED) is 0.0571. The molecule has 0 bridgehead atoms. The smallest absolute Gasteiger partial charge is 0.326 e. The number of amides is 3. The van der Waals surface area contributed by atoms with Gasteiger partial charge in [0.2, 0.25) is 17.7 Å². The Morgan fingerprint density at radius 3 is 1.67 bits per heavy atom. The first-order valence-corrected chi connectivity index (χ1v) is 13.0. The minimum absolute atomic E-state index is 0.00731. The van der Waals surface area contributed by atoms with Crippen molar-refractivity contribution in [1.29, 1.82) is 0 Å². The van der Waals surface area contributed by atoms with E-state index in [1.807, 2.05) is 0 Å². The average Bonchev–Trinajstić information content (AvgIpc) is 2.95. The highest BCUT2D eigenvalue weighted by Crippen LogP contribution is 2.13. The van der Waals surface area contributed by atoms with Gasteiger partial charge in [0.05, 0.1) is 6.61 Å². The number of phenolic OH excluding ortho intramolecular Hbond substituents is 2. The van der Waals surface area contributed by atoms with Crippen LogP contribution in [0.25, 0.3) is 0 Å². The number of nitrogens with two attached hydrogens (primary N) is 3. The number of phenols is 2. The summed E-state index contributed by atoms with van der Waals surface area (Å²) < 4.78 is 0. The number of carboxylic acids is 1. The van der Waals surface area contributed by atoms with Crippen LogP contribution in [0.4, 0.5) is 0 Å². The van der Waals surface area contributed by atoms with E-state index in [-0.39, 0.29) is 49.7 Å². The number of aliphatic imine (C=N–C) groups is 1. The van der Waals surface area contributed by atoms with E-state index in [1.54, 1.807) is 0 Å². The van der Waals surface area contributed by atoms with Crippen LogP contribution in [0, 0.1) is 0 Å². The van der Waals surface area contributed by atoms with Crippen molar-refractivity contribution in [2.24, 2.45) is 22.2 Å². The van der Waals surface area contributed by atoms with Crippen LogP contribution in [0.15, 0.2) is 53.5 Å². The number of aliphatic hydroxyl groups excluding tert-OH is 1. The van der Waals surface area contributed by atoms with Crippen molar-refractivity contribution in [2.75, 3.05) is 13.2 Å². The predicted molar refractivity (Wildman–Crippen MR) is 152 cm³/mol. The normalized spacial score (nSPS) is 13.6. The molecule has 4 unspecified atom stereocenters. The summed E-state index contributed by atoms with van der Waals surface area (Å²) in [4.78, 5) is 54.9. The molecule has 2 aromatic carbocycles. The van der Waals surface area contributed by atoms with Gasteiger partial charge in [-0.25, -0.2) is 4.79 Å². The van der Waals surface area contributed by atoms with Crippen LogP contribution in [-0.4, -0.2) is 87.4 Å². The summed E-state index contributed by atoms with van der Waals surface area (Å²) in [5.74, 6) is -3.91. The molecular formula is C27H37N7O8. The Bertz CT molecular complexity index is 1230. The molecule has 0 spiro atoms. The molecule has 15 heteroatoms. The molecule has 0 aliphatic rings. The summed E-state index contributed by atoms with van der Waals surface area (Å²) in [6.07, 6.45) is 0.0812. The highest BCUT2D eigenvalue weighted by atomic mass is 16.4. The molecule has 0 aliphatic heterocycles. The van der Waals surface area contributed by atoms with Crippen LogP contribution in [0.2, 0.25) is 0 Å². The minimum atomic E-state index is -1.37. The minimum Gasteiger partial charge on any atom is -0.508 e. The molecule has 2 aromatic rings. The Kier molecular flexibility index (Phi) is 13.0. The summed E-state index contributed by atoms with van der Waals surface area (Å²) in [5.41, 5.74) is 17.4. The number of aliphatic hydroxyl groups is 1. The van der Waals surface area contributed by atoms with Gasteiger partial charge in [0.15, 0.2) is 5.96 Å². The average molecular weight is 588 g/mol. The highest BCUT2D eigenvalue weighted by molar-refractivity contribution is 5.94. The molecule has 42 heavy (non-hydrogen) atoms. The number of carbonyl (C=O) groups is 4. The van der Waals surface area contributed by atoms with Crippen molar-refractivity contribution in [3.63, 3.8) is 0 Å². The number of benzene rings is 2. The van der Waals surface area contributed by atoms with Gasteiger partial charge in [0, 0.05) is 19.4 Å². The van der Waals surface area contributed by atoms with Gasteiger partial charge < -0.3 is 53.6 Å². The molecule has 4 atom stereocenters. The second-order valence-corrected chi connectivity index (χ2v) is 9.50. The highest BCUT2D eigenvalue weighted by Gasteiger charge is 2.30. The first-order chi connectivity index (χ1) is 19.9. The predicted octanol–water partition coefficient (Wildman–Crippen LogP) is -2.20. The second-order valence-electron chi connectivity index (χ2n) is 9.50. The van der Waals surface area contributed by atoms with E-state index in [0.29, 0.717) is 11.1 Å². The monoisotopic (exact) mass is 587 g/mol. The van der Waals surface area contributed by atoms with Gasteiger partial charge >= 0.3 is 5.97 Å². The Morgan fingerprint density at radius 1 is 0.738 bits per heavy atom. The maximum atomic E-state index is 13.4. The number of carbonyl (C=O) groups excluding carboxylic acids is 3. The molecular weight excluding hydrogens is 550 g/mol. The summed E-state index contributed by atoms with van der Waals surface area (Å²) in [5, 5.41) is 45.5.